The Balaban J connectivity index is 2.28. The summed E-state index contributed by atoms with van der Waals surface area (Å²) in [5, 5.41) is 22.5. The average molecular weight is 305 g/mol. The number of hydrogen-bond donors (Lipinski definition) is 1. The fourth-order valence-electron chi connectivity index (χ4n) is 2.27. The van der Waals surface area contributed by atoms with Gasteiger partial charge in [-0.3, -0.25) is 0 Å². The molecule has 0 radical (unpaired) electrons. The molecule has 0 saturated heterocycles. The van der Waals surface area contributed by atoms with Crippen molar-refractivity contribution in [2.75, 3.05) is 0 Å². The minimum absolute atomic E-state index is 0.0717. The van der Waals surface area contributed by atoms with Crippen molar-refractivity contribution in [1.29, 1.82) is 5.26 Å². The number of carbonyl (C=O) groups is 1. The summed E-state index contributed by atoms with van der Waals surface area (Å²) >= 11 is 0. The maximum Gasteiger partial charge on any atom is 0.512 e. The van der Waals surface area contributed by atoms with Crippen LogP contribution in [0.15, 0.2) is 60.7 Å². The average Bonchev–Trinajstić information content (AvgIpc) is 2.94. The fraction of sp³-hybridized carbons (Fsp3) is 0. The van der Waals surface area contributed by atoms with Gasteiger partial charge in [-0.25, -0.2) is 9.48 Å². The molecule has 6 nitrogen and oxygen atoms in total. The van der Waals surface area contributed by atoms with E-state index in [0.29, 0.717) is 11.4 Å². The van der Waals surface area contributed by atoms with E-state index in [0.717, 1.165) is 5.56 Å². The van der Waals surface area contributed by atoms with Gasteiger partial charge < -0.3 is 9.84 Å². The first-order valence-corrected chi connectivity index (χ1v) is 6.75. The highest BCUT2D eigenvalue weighted by Gasteiger charge is 2.23. The Hall–Kier alpha value is -3.59. The van der Waals surface area contributed by atoms with Crippen LogP contribution in [0.4, 0.5) is 4.79 Å². The summed E-state index contributed by atoms with van der Waals surface area (Å²) in [5.74, 6) is -0.234. The molecule has 0 amide bonds. The van der Waals surface area contributed by atoms with Gasteiger partial charge in [0.1, 0.15) is 11.6 Å². The van der Waals surface area contributed by atoms with Gasteiger partial charge in [0.15, 0.2) is 0 Å². The van der Waals surface area contributed by atoms with Gasteiger partial charge in [-0.2, -0.15) is 5.26 Å². The standard InChI is InChI=1S/C17H11N3O3/c18-11-14-15(12-7-3-1-4-8-12)20(13-9-5-2-6-10-13)19-16(14)23-17(21)22/h1-10H,(H,21,22). The van der Waals surface area contributed by atoms with Crippen molar-refractivity contribution < 1.29 is 14.6 Å². The first kappa shape index (κ1) is 14.4. The molecule has 0 aliphatic carbocycles. The Morgan fingerprint density at radius 3 is 2.26 bits per heavy atom. The van der Waals surface area contributed by atoms with Gasteiger partial charge in [-0.1, -0.05) is 48.5 Å². The van der Waals surface area contributed by atoms with Crippen molar-refractivity contribution in [2.24, 2.45) is 0 Å². The molecule has 23 heavy (non-hydrogen) atoms. The first-order chi connectivity index (χ1) is 11.2. The lowest BCUT2D eigenvalue weighted by Crippen LogP contribution is -2.05. The van der Waals surface area contributed by atoms with E-state index < -0.39 is 6.16 Å². The molecule has 3 aromatic rings. The molecule has 0 spiro atoms. The lowest BCUT2D eigenvalue weighted by atomic mass is 10.1. The zero-order chi connectivity index (χ0) is 16.2. The number of nitrogens with zero attached hydrogens (tertiary/aromatic N) is 3. The van der Waals surface area contributed by atoms with Gasteiger partial charge in [0.2, 0.25) is 0 Å². The summed E-state index contributed by atoms with van der Waals surface area (Å²) in [6.45, 7) is 0. The van der Waals surface area contributed by atoms with Crippen molar-refractivity contribution in [3.8, 4) is 28.9 Å². The predicted octanol–water partition coefficient (Wildman–Crippen LogP) is 3.47. The number of ether oxygens (including phenoxy) is 1. The summed E-state index contributed by atoms with van der Waals surface area (Å²) in [7, 11) is 0. The van der Waals surface area contributed by atoms with Gasteiger partial charge in [0.05, 0.1) is 11.4 Å². The Bertz CT molecular complexity index is 881. The van der Waals surface area contributed by atoms with Gasteiger partial charge >= 0.3 is 6.16 Å². The molecule has 0 saturated carbocycles. The van der Waals surface area contributed by atoms with Gasteiger partial charge in [-0.15, -0.1) is 5.10 Å². The summed E-state index contributed by atoms with van der Waals surface area (Å²) < 4.78 is 6.17. The van der Waals surface area contributed by atoms with Crippen LogP contribution in [-0.4, -0.2) is 21.0 Å². The fourth-order valence-corrected chi connectivity index (χ4v) is 2.27. The minimum atomic E-state index is -1.51. The third-order valence-electron chi connectivity index (χ3n) is 3.20. The first-order valence-electron chi connectivity index (χ1n) is 6.75. The van der Waals surface area contributed by atoms with Crippen LogP contribution in [0.25, 0.3) is 16.9 Å². The van der Waals surface area contributed by atoms with Crippen LogP contribution in [0.2, 0.25) is 0 Å². The molecule has 112 valence electrons. The number of nitriles is 1. The SMILES string of the molecule is N#Cc1c(OC(=O)O)nn(-c2ccccc2)c1-c1ccccc1. The second-order valence-electron chi connectivity index (χ2n) is 4.62. The molecule has 1 N–H and O–H groups in total. The Labute approximate surface area is 131 Å². The summed E-state index contributed by atoms with van der Waals surface area (Å²) in [6, 6.07) is 20.3. The molecular weight excluding hydrogens is 294 g/mol. The monoisotopic (exact) mass is 305 g/mol. The van der Waals surface area contributed by atoms with E-state index in [1.54, 1.807) is 0 Å². The highest BCUT2D eigenvalue weighted by Crippen LogP contribution is 2.32. The van der Waals surface area contributed by atoms with Crippen LogP contribution < -0.4 is 4.74 Å². The molecule has 2 aromatic carbocycles. The van der Waals surface area contributed by atoms with Crippen LogP contribution in [-0.2, 0) is 0 Å². The Morgan fingerprint density at radius 2 is 1.70 bits per heavy atom. The van der Waals surface area contributed by atoms with E-state index >= 15 is 0 Å². The largest absolute Gasteiger partial charge is 0.512 e. The molecule has 3 rings (SSSR count). The van der Waals surface area contributed by atoms with Crippen molar-refractivity contribution in [3.05, 3.63) is 66.2 Å². The van der Waals surface area contributed by atoms with E-state index in [2.05, 4.69) is 9.84 Å². The van der Waals surface area contributed by atoms with E-state index in [1.165, 1.54) is 4.68 Å². The second-order valence-corrected chi connectivity index (χ2v) is 4.62. The molecule has 0 fully saturated rings. The maximum absolute atomic E-state index is 10.8. The number of hydrogen-bond acceptors (Lipinski definition) is 4. The number of para-hydroxylation sites is 1. The van der Waals surface area contributed by atoms with Gasteiger partial charge in [-0.05, 0) is 12.1 Å². The lowest BCUT2D eigenvalue weighted by Gasteiger charge is -2.07. The molecule has 0 aliphatic rings. The molecule has 0 atom stereocenters. The quantitative estimate of drug-likeness (QED) is 0.748. The highest BCUT2D eigenvalue weighted by atomic mass is 16.7. The Morgan fingerprint density at radius 1 is 1.09 bits per heavy atom. The van der Waals surface area contributed by atoms with Crippen molar-refractivity contribution in [3.63, 3.8) is 0 Å². The smallest absolute Gasteiger partial charge is 0.449 e. The maximum atomic E-state index is 10.8. The van der Waals surface area contributed by atoms with Crippen LogP contribution >= 0.6 is 0 Å². The summed E-state index contributed by atoms with van der Waals surface area (Å²) in [4.78, 5) is 10.8. The molecule has 1 heterocycles. The van der Waals surface area contributed by atoms with E-state index in [-0.39, 0.29) is 11.4 Å². The lowest BCUT2D eigenvalue weighted by molar-refractivity contribution is 0.142. The second kappa shape index (κ2) is 6.03. The zero-order valence-electron chi connectivity index (χ0n) is 11.9. The van der Waals surface area contributed by atoms with Gasteiger partial charge in [0.25, 0.3) is 5.88 Å². The van der Waals surface area contributed by atoms with Crippen LogP contribution in [0.1, 0.15) is 5.56 Å². The number of aromatic nitrogens is 2. The van der Waals surface area contributed by atoms with Crippen molar-refractivity contribution >= 4 is 6.16 Å². The molecular formula is C17H11N3O3. The third kappa shape index (κ3) is 2.76. The predicted molar refractivity (Wildman–Crippen MR) is 82.4 cm³/mol. The Kier molecular flexibility index (Phi) is 3.77. The summed E-state index contributed by atoms with van der Waals surface area (Å²) in [6.07, 6.45) is -1.51. The van der Waals surface area contributed by atoms with E-state index in [1.807, 2.05) is 66.7 Å². The van der Waals surface area contributed by atoms with Crippen LogP contribution in [0, 0.1) is 11.3 Å². The van der Waals surface area contributed by atoms with Crippen molar-refractivity contribution in [2.45, 2.75) is 0 Å². The van der Waals surface area contributed by atoms with E-state index in [9.17, 15) is 10.1 Å². The highest BCUT2D eigenvalue weighted by molar-refractivity contribution is 5.73. The molecule has 1 aromatic heterocycles. The normalized spacial score (nSPS) is 10.0. The molecule has 0 bridgehead atoms. The third-order valence-corrected chi connectivity index (χ3v) is 3.20. The molecule has 0 aliphatic heterocycles. The topological polar surface area (TPSA) is 88.1 Å². The molecule has 0 unspecified atom stereocenters. The van der Waals surface area contributed by atoms with Crippen molar-refractivity contribution in [1.82, 2.24) is 9.78 Å². The zero-order valence-corrected chi connectivity index (χ0v) is 11.9. The number of rotatable bonds is 3. The van der Waals surface area contributed by atoms with Crippen LogP contribution in [0.5, 0.6) is 5.88 Å². The summed E-state index contributed by atoms with van der Waals surface area (Å²) in [5.41, 5.74) is 1.99. The number of carboxylic acid groups (broad SMARTS) is 1. The van der Waals surface area contributed by atoms with E-state index in [4.69, 9.17) is 5.11 Å². The molecule has 6 heteroatoms. The number of benzene rings is 2. The van der Waals surface area contributed by atoms with Crippen LogP contribution in [0.3, 0.4) is 0 Å². The van der Waals surface area contributed by atoms with Gasteiger partial charge in [0, 0.05) is 5.56 Å². The minimum Gasteiger partial charge on any atom is -0.449 e.